The number of nitrogens with two attached hydrogens (primary N) is 1. The highest BCUT2D eigenvalue weighted by atomic mass is 16.3. The number of rotatable bonds is 3. The van der Waals surface area contributed by atoms with Gasteiger partial charge in [-0.05, 0) is 30.7 Å². The first-order chi connectivity index (χ1) is 9.67. The van der Waals surface area contributed by atoms with Crippen LogP contribution in [0.1, 0.15) is 23.0 Å². The zero-order chi connectivity index (χ0) is 14.1. The second-order valence-electron chi connectivity index (χ2n) is 4.49. The van der Waals surface area contributed by atoms with Crippen LogP contribution in [0.5, 0.6) is 0 Å². The predicted molar refractivity (Wildman–Crippen MR) is 76.5 cm³/mol. The Balaban J connectivity index is 1.89. The molecule has 3 aromatic rings. The van der Waals surface area contributed by atoms with Crippen molar-refractivity contribution in [1.82, 2.24) is 10.2 Å². The van der Waals surface area contributed by atoms with Gasteiger partial charge in [-0.25, -0.2) is 0 Å². The highest BCUT2D eigenvalue weighted by molar-refractivity contribution is 6.04. The maximum atomic E-state index is 12.2. The van der Waals surface area contributed by atoms with Crippen molar-refractivity contribution >= 4 is 28.4 Å². The Morgan fingerprint density at radius 2 is 2.30 bits per heavy atom. The number of aromatic nitrogens is 2. The highest BCUT2D eigenvalue weighted by Crippen LogP contribution is 2.22. The fourth-order valence-electron chi connectivity index (χ4n) is 2.04. The molecule has 0 spiro atoms. The zero-order valence-electron chi connectivity index (χ0n) is 10.9. The van der Waals surface area contributed by atoms with Gasteiger partial charge in [0.2, 0.25) is 0 Å². The Kier molecular flexibility index (Phi) is 2.90. The number of carbonyl (C=O) groups excluding carboxylic acids is 1. The van der Waals surface area contributed by atoms with Crippen molar-refractivity contribution in [3.63, 3.8) is 0 Å². The van der Waals surface area contributed by atoms with Gasteiger partial charge in [-0.1, -0.05) is 6.92 Å². The van der Waals surface area contributed by atoms with Crippen molar-refractivity contribution in [1.29, 1.82) is 0 Å². The van der Waals surface area contributed by atoms with Crippen molar-refractivity contribution < 1.29 is 9.21 Å². The molecular weight excluding hydrogens is 256 g/mol. The summed E-state index contributed by atoms with van der Waals surface area (Å²) < 4.78 is 5.51. The lowest BCUT2D eigenvalue weighted by molar-refractivity contribution is 0.0998. The van der Waals surface area contributed by atoms with Gasteiger partial charge in [-0.2, -0.15) is 5.10 Å². The van der Waals surface area contributed by atoms with E-state index >= 15 is 0 Å². The molecule has 0 aliphatic carbocycles. The summed E-state index contributed by atoms with van der Waals surface area (Å²) in [6.45, 7) is 1.99. The summed E-state index contributed by atoms with van der Waals surface area (Å²) >= 11 is 0. The quantitative estimate of drug-likeness (QED) is 0.637. The number of amides is 1. The third-order valence-corrected chi connectivity index (χ3v) is 3.10. The average molecular weight is 270 g/mol. The van der Waals surface area contributed by atoms with Crippen LogP contribution in [0, 0.1) is 0 Å². The number of aromatic amines is 1. The Labute approximate surface area is 115 Å². The fraction of sp³-hybridized carbons (Fsp3) is 0.143. The van der Waals surface area contributed by atoms with Crippen LogP contribution in [0.25, 0.3) is 11.0 Å². The van der Waals surface area contributed by atoms with Gasteiger partial charge in [0, 0.05) is 16.6 Å². The minimum Gasteiger partial charge on any atom is -0.451 e. The first-order valence-electron chi connectivity index (χ1n) is 6.30. The number of nitrogens with one attached hydrogen (secondary N) is 2. The van der Waals surface area contributed by atoms with Crippen molar-refractivity contribution in [3.05, 3.63) is 41.8 Å². The second kappa shape index (κ2) is 4.73. The number of furan rings is 1. The summed E-state index contributed by atoms with van der Waals surface area (Å²) in [7, 11) is 0. The Morgan fingerprint density at radius 3 is 3.10 bits per heavy atom. The minimum atomic E-state index is -0.321. The van der Waals surface area contributed by atoms with Gasteiger partial charge < -0.3 is 15.5 Å². The van der Waals surface area contributed by atoms with Crippen molar-refractivity contribution in [2.24, 2.45) is 0 Å². The van der Waals surface area contributed by atoms with E-state index in [1.807, 2.05) is 6.92 Å². The molecule has 2 aromatic heterocycles. The largest absolute Gasteiger partial charge is 0.451 e. The zero-order valence-corrected chi connectivity index (χ0v) is 10.9. The number of H-pyrrole nitrogens is 1. The Hall–Kier alpha value is -2.76. The maximum Gasteiger partial charge on any atom is 0.292 e. The number of anilines is 2. The number of aryl methyl sites for hydroxylation is 1. The van der Waals surface area contributed by atoms with Crippen LogP contribution in [0.4, 0.5) is 11.5 Å². The summed E-state index contributed by atoms with van der Waals surface area (Å²) in [6, 6.07) is 6.92. The lowest BCUT2D eigenvalue weighted by Gasteiger charge is -2.01. The van der Waals surface area contributed by atoms with Crippen LogP contribution in [0.2, 0.25) is 0 Å². The molecule has 0 saturated carbocycles. The normalized spacial score (nSPS) is 10.8. The molecule has 6 heteroatoms. The summed E-state index contributed by atoms with van der Waals surface area (Å²) in [5, 5.41) is 10.2. The molecule has 4 N–H and O–H groups in total. The van der Waals surface area contributed by atoms with E-state index in [1.165, 1.54) is 0 Å². The molecule has 20 heavy (non-hydrogen) atoms. The minimum absolute atomic E-state index is 0.238. The molecule has 2 heterocycles. The Bertz CT molecular complexity index is 772. The Morgan fingerprint density at radius 1 is 1.45 bits per heavy atom. The molecule has 0 atom stereocenters. The van der Waals surface area contributed by atoms with Crippen LogP contribution in [0.3, 0.4) is 0 Å². The molecule has 0 aliphatic heterocycles. The molecule has 0 fully saturated rings. The third kappa shape index (κ3) is 2.11. The van der Waals surface area contributed by atoms with Gasteiger partial charge in [0.1, 0.15) is 11.4 Å². The molecular formula is C14H14N4O2. The monoisotopic (exact) mass is 270 g/mol. The van der Waals surface area contributed by atoms with Crippen LogP contribution in [-0.2, 0) is 6.42 Å². The van der Waals surface area contributed by atoms with E-state index in [0.29, 0.717) is 17.1 Å². The van der Waals surface area contributed by atoms with Crippen molar-refractivity contribution in [3.8, 4) is 0 Å². The number of hydrogen-bond donors (Lipinski definition) is 3. The van der Waals surface area contributed by atoms with Crippen LogP contribution in [0.15, 0.2) is 34.9 Å². The van der Waals surface area contributed by atoms with Crippen LogP contribution >= 0.6 is 0 Å². The van der Waals surface area contributed by atoms with Gasteiger partial charge in [0.15, 0.2) is 5.76 Å². The number of nitrogen functional groups attached to an aromatic ring is 1. The molecule has 0 saturated heterocycles. The molecule has 0 unspecified atom stereocenters. The van der Waals surface area contributed by atoms with Gasteiger partial charge in [0.05, 0.1) is 6.20 Å². The first-order valence-corrected chi connectivity index (χ1v) is 6.30. The van der Waals surface area contributed by atoms with Gasteiger partial charge in [0.25, 0.3) is 5.91 Å². The molecule has 6 nitrogen and oxygen atoms in total. The first kappa shape index (κ1) is 12.3. The highest BCUT2D eigenvalue weighted by Gasteiger charge is 2.14. The number of carbonyl (C=O) groups is 1. The number of benzene rings is 1. The van der Waals surface area contributed by atoms with E-state index in [0.717, 1.165) is 17.4 Å². The molecule has 102 valence electrons. The van der Waals surface area contributed by atoms with E-state index in [1.54, 1.807) is 30.5 Å². The van der Waals surface area contributed by atoms with Crippen LogP contribution < -0.4 is 11.1 Å². The van der Waals surface area contributed by atoms with Crippen LogP contribution in [-0.4, -0.2) is 16.1 Å². The molecule has 1 aromatic carbocycles. The van der Waals surface area contributed by atoms with Gasteiger partial charge >= 0.3 is 0 Å². The maximum absolute atomic E-state index is 12.2. The SMILES string of the molecule is CCc1cn[nH]c1NC(=O)c1cc2cc(N)ccc2o1. The van der Waals surface area contributed by atoms with E-state index in [4.69, 9.17) is 10.2 Å². The molecule has 3 rings (SSSR count). The number of hydrogen-bond acceptors (Lipinski definition) is 4. The number of fused-ring (bicyclic) bond motifs is 1. The molecule has 0 aliphatic rings. The van der Waals surface area contributed by atoms with Gasteiger partial charge in [-0.3, -0.25) is 9.89 Å². The van der Waals surface area contributed by atoms with E-state index in [-0.39, 0.29) is 11.7 Å². The number of nitrogens with zero attached hydrogens (tertiary/aromatic N) is 1. The molecule has 0 bridgehead atoms. The van der Waals surface area contributed by atoms with Gasteiger partial charge in [-0.15, -0.1) is 0 Å². The fourth-order valence-corrected chi connectivity index (χ4v) is 2.04. The van der Waals surface area contributed by atoms with Crippen molar-refractivity contribution in [2.45, 2.75) is 13.3 Å². The summed E-state index contributed by atoms with van der Waals surface area (Å²) in [5.41, 5.74) is 7.91. The molecule has 0 radical (unpaired) electrons. The standard InChI is InChI=1S/C14H14N4O2/c1-2-8-7-16-18-13(8)17-14(19)12-6-9-5-10(15)3-4-11(9)20-12/h3-7H,2,15H2,1H3,(H2,16,17,18,19). The lowest BCUT2D eigenvalue weighted by atomic mass is 10.2. The lowest BCUT2D eigenvalue weighted by Crippen LogP contribution is -2.12. The summed E-state index contributed by atoms with van der Waals surface area (Å²) in [6.07, 6.45) is 2.47. The average Bonchev–Trinajstić information content (AvgIpc) is 3.04. The molecule has 1 amide bonds. The summed E-state index contributed by atoms with van der Waals surface area (Å²) in [4.78, 5) is 12.2. The second-order valence-corrected chi connectivity index (χ2v) is 4.49. The van der Waals surface area contributed by atoms with Crippen molar-refractivity contribution in [2.75, 3.05) is 11.1 Å². The summed E-state index contributed by atoms with van der Waals surface area (Å²) in [5.74, 6) is 0.512. The third-order valence-electron chi connectivity index (χ3n) is 3.10. The smallest absolute Gasteiger partial charge is 0.292 e. The predicted octanol–water partition coefficient (Wildman–Crippen LogP) is 2.55. The topological polar surface area (TPSA) is 96.9 Å². The van der Waals surface area contributed by atoms with E-state index in [2.05, 4.69) is 15.5 Å². The van der Waals surface area contributed by atoms with E-state index < -0.39 is 0 Å². The van der Waals surface area contributed by atoms with E-state index in [9.17, 15) is 4.79 Å².